The lowest BCUT2D eigenvalue weighted by atomic mass is 9.85. The van der Waals surface area contributed by atoms with Crippen molar-refractivity contribution in [1.82, 2.24) is 0 Å². The van der Waals surface area contributed by atoms with Gasteiger partial charge < -0.3 is 9.84 Å². The molecule has 2 aliphatic rings. The van der Waals surface area contributed by atoms with Gasteiger partial charge in [-0.15, -0.1) is 0 Å². The molecule has 0 radical (unpaired) electrons. The van der Waals surface area contributed by atoms with Gasteiger partial charge in [-0.1, -0.05) is 71.1 Å². The summed E-state index contributed by atoms with van der Waals surface area (Å²) in [7, 11) is 0. The standard InChI is InChI=1S/C19H36O2/c1-16-12-11-15-18(19(16)20)21-17-13-9-7-5-3-2-4-6-8-10-14-17/h16-20H,2-15H2,1H3/t16?,18?,19-/m1/s1. The molecule has 2 unspecified atom stereocenters. The summed E-state index contributed by atoms with van der Waals surface area (Å²) in [6, 6.07) is 0. The van der Waals surface area contributed by atoms with Crippen LogP contribution in [0, 0.1) is 5.92 Å². The number of rotatable bonds is 2. The maximum atomic E-state index is 10.4. The van der Waals surface area contributed by atoms with Gasteiger partial charge in [0.15, 0.2) is 0 Å². The van der Waals surface area contributed by atoms with Gasteiger partial charge in [-0.25, -0.2) is 0 Å². The molecule has 2 nitrogen and oxygen atoms in total. The van der Waals surface area contributed by atoms with Crippen LogP contribution in [0.4, 0.5) is 0 Å². The molecule has 0 bridgehead atoms. The average Bonchev–Trinajstić information content (AvgIpc) is 2.46. The molecule has 2 saturated carbocycles. The average molecular weight is 296 g/mol. The van der Waals surface area contributed by atoms with Crippen LogP contribution in [0.5, 0.6) is 0 Å². The number of hydrogen-bond donors (Lipinski definition) is 1. The van der Waals surface area contributed by atoms with Gasteiger partial charge in [0, 0.05) is 0 Å². The predicted octanol–water partition coefficient (Wildman–Crippen LogP) is 5.23. The smallest absolute Gasteiger partial charge is 0.0840 e. The lowest BCUT2D eigenvalue weighted by Gasteiger charge is -2.35. The summed E-state index contributed by atoms with van der Waals surface area (Å²) in [5, 5.41) is 10.4. The molecule has 1 N–H and O–H groups in total. The number of aliphatic hydroxyl groups excluding tert-OH is 1. The van der Waals surface area contributed by atoms with Gasteiger partial charge in [-0.3, -0.25) is 0 Å². The highest BCUT2D eigenvalue weighted by Gasteiger charge is 2.31. The maximum Gasteiger partial charge on any atom is 0.0840 e. The fraction of sp³-hybridized carbons (Fsp3) is 1.00. The van der Waals surface area contributed by atoms with Crippen LogP contribution in [0.15, 0.2) is 0 Å². The summed E-state index contributed by atoms with van der Waals surface area (Å²) in [6.45, 7) is 2.17. The lowest BCUT2D eigenvalue weighted by molar-refractivity contribution is -0.115. The van der Waals surface area contributed by atoms with Gasteiger partial charge in [-0.05, 0) is 31.6 Å². The first kappa shape index (κ1) is 17.3. The van der Waals surface area contributed by atoms with E-state index in [-0.39, 0.29) is 12.2 Å². The van der Waals surface area contributed by atoms with E-state index in [0.717, 1.165) is 12.8 Å². The van der Waals surface area contributed by atoms with Gasteiger partial charge in [-0.2, -0.15) is 0 Å². The van der Waals surface area contributed by atoms with Crippen LogP contribution in [0.3, 0.4) is 0 Å². The molecule has 0 aromatic rings. The Labute approximate surface area is 131 Å². The van der Waals surface area contributed by atoms with Crippen molar-refractivity contribution >= 4 is 0 Å². The minimum absolute atomic E-state index is 0.103. The second kappa shape index (κ2) is 9.84. The van der Waals surface area contributed by atoms with E-state index in [1.807, 2.05) is 0 Å². The van der Waals surface area contributed by atoms with Crippen LogP contribution in [-0.2, 0) is 4.74 Å². The van der Waals surface area contributed by atoms with Gasteiger partial charge in [0.2, 0.25) is 0 Å². The first-order valence-corrected chi connectivity index (χ1v) is 9.61. The zero-order valence-electron chi connectivity index (χ0n) is 14.1. The fourth-order valence-electron chi connectivity index (χ4n) is 4.01. The first-order valence-electron chi connectivity index (χ1n) is 9.61. The van der Waals surface area contributed by atoms with Gasteiger partial charge in [0.05, 0.1) is 18.3 Å². The van der Waals surface area contributed by atoms with E-state index in [0.29, 0.717) is 12.0 Å². The molecule has 0 aromatic carbocycles. The van der Waals surface area contributed by atoms with Crippen LogP contribution in [0.25, 0.3) is 0 Å². The highest BCUT2D eigenvalue weighted by Crippen LogP contribution is 2.29. The maximum absolute atomic E-state index is 10.4. The molecule has 2 heteroatoms. The third kappa shape index (κ3) is 6.28. The Balaban J connectivity index is 1.79. The van der Waals surface area contributed by atoms with Crippen molar-refractivity contribution in [2.45, 2.75) is 115 Å². The monoisotopic (exact) mass is 296 g/mol. The van der Waals surface area contributed by atoms with Crippen LogP contribution in [0.2, 0.25) is 0 Å². The molecule has 0 heterocycles. The summed E-state index contributed by atoms with van der Waals surface area (Å²) >= 11 is 0. The molecule has 124 valence electrons. The Kier molecular flexibility index (Phi) is 8.10. The van der Waals surface area contributed by atoms with E-state index in [1.54, 1.807) is 0 Å². The summed E-state index contributed by atoms with van der Waals surface area (Å²) in [5.41, 5.74) is 0. The van der Waals surface area contributed by atoms with Crippen LogP contribution < -0.4 is 0 Å². The predicted molar refractivity (Wildman–Crippen MR) is 88.5 cm³/mol. The fourth-order valence-corrected chi connectivity index (χ4v) is 4.01. The molecule has 2 rings (SSSR count). The van der Waals surface area contributed by atoms with E-state index in [2.05, 4.69) is 6.92 Å². The van der Waals surface area contributed by atoms with Crippen molar-refractivity contribution in [2.75, 3.05) is 0 Å². The minimum atomic E-state index is -0.236. The van der Waals surface area contributed by atoms with Crippen molar-refractivity contribution in [2.24, 2.45) is 5.92 Å². The number of aliphatic hydroxyl groups is 1. The number of ether oxygens (including phenoxy) is 1. The number of hydrogen-bond acceptors (Lipinski definition) is 2. The summed E-state index contributed by atoms with van der Waals surface area (Å²) in [4.78, 5) is 0. The second-order valence-corrected chi connectivity index (χ2v) is 7.45. The topological polar surface area (TPSA) is 29.5 Å². The van der Waals surface area contributed by atoms with Crippen molar-refractivity contribution in [3.05, 3.63) is 0 Å². The molecular formula is C19H36O2. The zero-order valence-corrected chi connectivity index (χ0v) is 14.1. The van der Waals surface area contributed by atoms with Crippen LogP contribution >= 0.6 is 0 Å². The molecule has 0 spiro atoms. The summed E-state index contributed by atoms with van der Waals surface area (Å²) in [6.07, 6.45) is 18.5. The minimum Gasteiger partial charge on any atom is -0.390 e. The van der Waals surface area contributed by atoms with E-state index in [1.165, 1.54) is 77.0 Å². The Morgan fingerprint density at radius 1 is 0.667 bits per heavy atom. The SMILES string of the molecule is CC1CCCC(OC2CCCCCCCCCCC2)[C@@H]1O. The highest BCUT2D eigenvalue weighted by atomic mass is 16.5. The lowest BCUT2D eigenvalue weighted by Crippen LogP contribution is -2.40. The van der Waals surface area contributed by atoms with Crippen molar-refractivity contribution < 1.29 is 9.84 Å². The largest absolute Gasteiger partial charge is 0.390 e. The van der Waals surface area contributed by atoms with Crippen LogP contribution in [0.1, 0.15) is 96.8 Å². The van der Waals surface area contributed by atoms with Crippen LogP contribution in [-0.4, -0.2) is 23.4 Å². The van der Waals surface area contributed by atoms with E-state index in [4.69, 9.17) is 4.74 Å². The normalized spacial score (nSPS) is 34.9. The third-order valence-electron chi connectivity index (χ3n) is 5.53. The third-order valence-corrected chi connectivity index (χ3v) is 5.53. The Hall–Kier alpha value is -0.0800. The quantitative estimate of drug-likeness (QED) is 0.756. The van der Waals surface area contributed by atoms with Gasteiger partial charge in [0.25, 0.3) is 0 Å². The van der Waals surface area contributed by atoms with Crippen molar-refractivity contribution in [3.63, 3.8) is 0 Å². The molecule has 0 amide bonds. The molecule has 21 heavy (non-hydrogen) atoms. The second-order valence-electron chi connectivity index (χ2n) is 7.45. The molecule has 3 atom stereocenters. The highest BCUT2D eigenvalue weighted by molar-refractivity contribution is 4.81. The van der Waals surface area contributed by atoms with Gasteiger partial charge >= 0.3 is 0 Å². The summed E-state index contributed by atoms with van der Waals surface area (Å²) in [5.74, 6) is 0.412. The van der Waals surface area contributed by atoms with E-state index < -0.39 is 0 Å². The zero-order chi connectivity index (χ0) is 14.9. The molecular weight excluding hydrogens is 260 g/mol. The van der Waals surface area contributed by atoms with E-state index in [9.17, 15) is 5.11 Å². The van der Waals surface area contributed by atoms with Crippen molar-refractivity contribution in [1.29, 1.82) is 0 Å². The molecule has 0 aliphatic heterocycles. The van der Waals surface area contributed by atoms with Crippen molar-refractivity contribution in [3.8, 4) is 0 Å². The molecule has 0 aromatic heterocycles. The molecule has 0 saturated heterocycles. The Bertz CT molecular complexity index is 254. The van der Waals surface area contributed by atoms with Gasteiger partial charge in [0.1, 0.15) is 0 Å². The summed E-state index contributed by atoms with van der Waals surface area (Å²) < 4.78 is 6.37. The molecule has 2 aliphatic carbocycles. The first-order chi connectivity index (χ1) is 10.3. The Morgan fingerprint density at radius 2 is 1.19 bits per heavy atom. The van der Waals surface area contributed by atoms with E-state index >= 15 is 0 Å². The molecule has 2 fully saturated rings. The Morgan fingerprint density at radius 3 is 1.76 bits per heavy atom.